The van der Waals surface area contributed by atoms with Crippen LogP contribution in [0.25, 0.3) is 0 Å². The molecule has 3 nitrogen and oxygen atoms in total. The lowest BCUT2D eigenvalue weighted by Gasteiger charge is -2.25. The summed E-state index contributed by atoms with van der Waals surface area (Å²) in [5.74, 6) is 0.806. The van der Waals surface area contributed by atoms with Crippen molar-refractivity contribution in [1.29, 1.82) is 5.26 Å². The molecule has 0 bridgehead atoms. The van der Waals surface area contributed by atoms with Crippen LogP contribution >= 0.6 is 23.4 Å². The maximum absolute atomic E-state index is 9.22. The van der Waals surface area contributed by atoms with Gasteiger partial charge in [-0.25, -0.2) is 4.98 Å². The van der Waals surface area contributed by atoms with Crippen LogP contribution in [0.2, 0.25) is 5.02 Å². The van der Waals surface area contributed by atoms with E-state index in [9.17, 15) is 5.26 Å². The Morgan fingerprint density at radius 3 is 2.89 bits per heavy atom. The van der Waals surface area contributed by atoms with E-state index < -0.39 is 5.54 Å². The molecule has 5 heteroatoms. The minimum absolute atomic E-state index is 0.290. The third-order valence-corrected chi connectivity index (χ3v) is 3.84. The van der Waals surface area contributed by atoms with Crippen LogP contribution < -0.4 is 5.32 Å². The molecule has 1 N–H and O–H groups in total. The normalized spacial score (nSPS) is 14.2. The van der Waals surface area contributed by atoms with Gasteiger partial charge in [-0.1, -0.05) is 11.6 Å². The van der Waals surface area contributed by atoms with Gasteiger partial charge in [0, 0.05) is 18.0 Å². The summed E-state index contributed by atoms with van der Waals surface area (Å²) in [5, 5.41) is 14.0. The van der Waals surface area contributed by atoms with Crippen molar-refractivity contribution in [3.63, 3.8) is 0 Å². The lowest BCUT2D eigenvalue weighted by atomic mass is 10.0. The molecule has 0 saturated carbocycles. The quantitative estimate of drug-likeness (QED) is 0.812. The highest BCUT2D eigenvalue weighted by atomic mass is 35.5. The molecule has 1 heterocycles. The molecule has 1 rings (SSSR count). The van der Waals surface area contributed by atoms with E-state index in [1.54, 1.807) is 18.0 Å². The average molecular weight is 284 g/mol. The van der Waals surface area contributed by atoms with Gasteiger partial charge in [0.05, 0.1) is 11.1 Å². The summed E-state index contributed by atoms with van der Waals surface area (Å²) in [6, 6.07) is 6.26. The van der Waals surface area contributed by atoms with Gasteiger partial charge in [0.15, 0.2) is 0 Å². The zero-order valence-electron chi connectivity index (χ0n) is 10.9. The summed E-state index contributed by atoms with van der Waals surface area (Å²) in [4.78, 5) is 4.21. The fourth-order valence-electron chi connectivity index (χ4n) is 1.63. The Hall–Kier alpha value is -0.760. The van der Waals surface area contributed by atoms with Crippen LogP contribution in [-0.2, 0) is 0 Å². The largest absolute Gasteiger partial charge is 0.297 e. The van der Waals surface area contributed by atoms with Crippen molar-refractivity contribution < 1.29 is 0 Å². The zero-order chi connectivity index (χ0) is 13.6. The molecule has 18 heavy (non-hydrogen) atoms. The van der Waals surface area contributed by atoms with Crippen LogP contribution in [0.1, 0.15) is 27.2 Å². The second-order valence-electron chi connectivity index (χ2n) is 4.63. The first-order valence-corrected chi connectivity index (χ1v) is 7.25. The predicted molar refractivity (Wildman–Crippen MR) is 76.9 cm³/mol. The average Bonchev–Trinajstić information content (AvgIpc) is 2.31. The van der Waals surface area contributed by atoms with Gasteiger partial charge >= 0.3 is 0 Å². The van der Waals surface area contributed by atoms with Crippen LogP contribution in [0.15, 0.2) is 23.4 Å². The van der Waals surface area contributed by atoms with Gasteiger partial charge < -0.3 is 0 Å². The van der Waals surface area contributed by atoms with Gasteiger partial charge in [0.25, 0.3) is 0 Å². The van der Waals surface area contributed by atoms with Crippen LogP contribution in [0, 0.1) is 11.3 Å². The molecule has 0 amide bonds. The van der Waals surface area contributed by atoms with E-state index in [1.165, 1.54) is 0 Å². The fourth-order valence-corrected chi connectivity index (χ4v) is 2.96. The maximum Gasteiger partial charge on any atom is 0.115 e. The van der Waals surface area contributed by atoms with Gasteiger partial charge in [0.2, 0.25) is 0 Å². The van der Waals surface area contributed by atoms with Crippen molar-refractivity contribution in [3.8, 4) is 6.07 Å². The van der Waals surface area contributed by atoms with Crippen molar-refractivity contribution in [2.24, 2.45) is 0 Å². The molecule has 1 aromatic heterocycles. The number of aromatic nitrogens is 1. The summed E-state index contributed by atoms with van der Waals surface area (Å²) < 4.78 is 0. The molecule has 0 spiro atoms. The topological polar surface area (TPSA) is 48.7 Å². The number of rotatable bonds is 6. The van der Waals surface area contributed by atoms with E-state index >= 15 is 0 Å². The Balaban J connectivity index is 2.50. The van der Waals surface area contributed by atoms with Gasteiger partial charge in [-0.05, 0) is 39.3 Å². The number of nitrogens with zero attached hydrogens (tertiary/aromatic N) is 2. The first-order valence-electron chi connectivity index (χ1n) is 5.89. The molecule has 0 aliphatic rings. The van der Waals surface area contributed by atoms with Gasteiger partial charge in [0.1, 0.15) is 10.6 Å². The Bertz CT molecular complexity index is 430. The third-order valence-electron chi connectivity index (χ3n) is 2.42. The number of hydrogen-bond acceptors (Lipinski definition) is 4. The van der Waals surface area contributed by atoms with Crippen LogP contribution in [-0.4, -0.2) is 22.3 Å². The molecular formula is C13H18ClN3S. The molecule has 1 aromatic rings. The fraction of sp³-hybridized carbons (Fsp3) is 0.538. The summed E-state index contributed by atoms with van der Waals surface area (Å²) in [7, 11) is 0. The van der Waals surface area contributed by atoms with Crippen LogP contribution in [0.4, 0.5) is 0 Å². The lowest BCUT2D eigenvalue weighted by Crippen LogP contribution is -2.45. The minimum atomic E-state index is -0.498. The minimum Gasteiger partial charge on any atom is -0.297 e. The predicted octanol–water partition coefficient (Wildman–Crippen LogP) is 3.50. The summed E-state index contributed by atoms with van der Waals surface area (Å²) >= 11 is 7.61. The van der Waals surface area contributed by atoms with Gasteiger partial charge in [-0.2, -0.15) is 5.26 Å². The standard InChI is InChI=1S/C13H18ClN3S/c1-10(2)17-13(3,9-15)6-8-18-12-11(14)5-4-7-16-12/h4-5,7,10,17H,6,8H2,1-3H3. The van der Waals surface area contributed by atoms with Crippen molar-refractivity contribution in [2.45, 2.75) is 43.8 Å². The Morgan fingerprint density at radius 2 is 2.33 bits per heavy atom. The molecule has 0 saturated heterocycles. The van der Waals surface area contributed by atoms with Crippen LogP contribution in [0.5, 0.6) is 0 Å². The number of hydrogen-bond donors (Lipinski definition) is 1. The van der Waals surface area contributed by atoms with E-state index in [2.05, 4.69) is 16.4 Å². The molecule has 0 fully saturated rings. The molecule has 1 atom stereocenters. The van der Waals surface area contributed by atoms with E-state index in [1.807, 2.05) is 32.9 Å². The lowest BCUT2D eigenvalue weighted by molar-refractivity contribution is 0.397. The highest BCUT2D eigenvalue weighted by molar-refractivity contribution is 7.99. The monoisotopic (exact) mass is 283 g/mol. The van der Waals surface area contributed by atoms with Crippen molar-refractivity contribution in [3.05, 3.63) is 23.4 Å². The number of nitrogens with one attached hydrogen (secondary N) is 1. The zero-order valence-corrected chi connectivity index (χ0v) is 12.5. The summed E-state index contributed by atoms with van der Waals surface area (Å²) in [6.07, 6.45) is 2.48. The van der Waals surface area contributed by atoms with Crippen molar-refractivity contribution >= 4 is 23.4 Å². The van der Waals surface area contributed by atoms with E-state index in [4.69, 9.17) is 11.6 Å². The summed E-state index contributed by atoms with van der Waals surface area (Å²) in [6.45, 7) is 6.00. The van der Waals surface area contributed by atoms with Crippen molar-refractivity contribution in [2.75, 3.05) is 5.75 Å². The number of pyridine rings is 1. The Kier molecular flexibility index (Phi) is 5.94. The van der Waals surface area contributed by atoms with E-state index in [-0.39, 0.29) is 6.04 Å². The Labute approximate surface area is 118 Å². The van der Waals surface area contributed by atoms with Gasteiger partial charge in [-0.3, -0.25) is 5.32 Å². The second-order valence-corrected chi connectivity index (χ2v) is 6.12. The molecule has 0 aromatic carbocycles. The smallest absolute Gasteiger partial charge is 0.115 e. The molecule has 0 radical (unpaired) electrons. The highest BCUT2D eigenvalue weighted by Gasteiger charge is 2.24. The number of nitriles is 1. The molecular weight excluding hydrogens is 266 g/mol. The Morgan fingerprint density at radius 1 is 1.61 bits per heavy atom. The summed E-state index contributed by atoms with van der Waals surface area (Å²) in [5.41, 5.74) is -0.498. The van der Waals surface area contributed by atoms with E-state index in [0.717, 1.165) is 17.2 Å². The highest BCUT2D eigenvalue weighted by Crippen LogP contribution is 2.26. The molecule has 98 valence electrons. The first kappa shape index (κ1) is 15.3. The number of thioether (sulfide) groups is 1. The molecule has 0 aliphatic heterocycles. The van der Waals surface area contributed by atoms with E-state index in [0.29, 0.717) is 5.02 Å². The molecule has 0 aliphatic carbocycles. The molecule has 1 unspecified atom stereocenters. The van der Waals surface area contributed by atoms with Crippen LogP contribution in [0.3, 0.4) is 0 Å². The third kappa shape index (κ3) is 4.85. The first-order chi connectivity index (χ1) is 8.47. The van der Waals surface area contributed by atoms with Gasteiger partial charge in [-0.15, -0.1) is 11.8 Å². The maximum atomic E-state index is 9.22. The second kappa shape index (κ2) is 6.98. The number of halogens is 1. The van der Waals surface area contributed by atoms with Crippen molar-refractivity contribution in [1.82, 2.24) is 10.3 Å². The SMILES string of the molecule is CC(C)NC(C)(C#N)CCSc1ncccc1Cl.